The molecule has 0 bridgehead atoms. The van der Waals surface area contributed by atoms with E-state index < -0.39 is 0 Å². The van der Waals surface area contributed by atoms with Gasteiger partial charge in [-0.2, -0.15) is 0 Å². The number of likely N-dealkylation sites (tertiary alicyclic amines) is 1. The maximum absolute atomic E-state index is 9.20. The zero-order chi connectivity index (χ0) is 13.5. The second-order valence-electron chi connectivity index (χ2n) is 5.89. The topological polar surface area (TPSA) is 35.5 Å². The number of rotatable bonds is 3. The molecule has 0 radical (unpaired) electrons. The average Bonchev–Trinajstić information content (AvgIpc) is 2.92. The van der Waals surface area contributed by atoms with Crippen molar-refractivity contribution in [3.05, 3.63) is 41.5 Å². The normalized spacial score (nSPS) is 30.1. The van der Waals surface area contributed by atoms with Gasteiger partial charge in [-0.1, -0.05) is 29.8 Å². The lowest BCUT2D eigenvalue weighted by molar-refractivity contribution is 0.284. The van der Waals surface area contributed by atoms with E-state index in [9.17, 15) is 5.11 Å². The first-order valence-electron chi connectivity index (χ1n) is 7.00. The predicted octanol–water partition coefficient (Wildman–Crippen LogP) is 2.34. The monoisotopic (exact) mass is 258 g/mol. The van der Waals surface area contributed by atoms with Gasteiger partial charge >= 0.3 is 0 Å². The fourth-order valence-corrected chi connectivity index (χ4v) is 3.53. The number of aliphatic hydroxyl groups excluding tert-OH is 1. The highest BCUT2D eigenvalue weighted by atomic mass is 16.3. The van der Waals surface area contributed by atoms with Gasteiger partial charge in [0.05, 0.1) is 12.8 Å². The van der Waals surface area contributed by atoms with Crippen LogP contribution in [0.15, 0.2) is 35.9 Å². The number of fused-ring (bicyclic) bond motifs is 3. The van der Waals surface area contributed by atoms with Gasteiger partial charge in [-0.3, -0.25) is 4.90 Å². The summed E-state index contributed by atoms with van der Waals surface area (Å²) in [6.45, 7) is 3.28. The predicted molar refractivity (Wildman–Crippen MR) is 78.2 cm³/mol. The molecule has 2 aliphatic rings. The fraction of sp³-hybridized carbons (Fsp3) is 0.500. The molecule has 3 nitrogen and oxygen atoms in total. The summed E-state index contributed by atoms with van der Waals surface area (Å²) < 4.78 is 0. The van der Waals surface area contributed by atoms with Gasteiger partial charge < -0.3 is 10.4 Å². The summed E-state index contributed by atoms with van der Waals surface area (Å²) in [6, 6.07) is 8.65. The molecule has 1 aromatic rings. The van der Waals surface area contributed by atoms with Crippen LogP contribution in [0.25, 0.3) is 0 Å². The number of anilines is 1. The SMILES string of the molecule is C/C(=C\C[C@]12CCN(C)[C@H]1Nc1ccccc12)CO. The van der Waals surface area contributed by atoms with Gasteiger partial charge in [-0.05, 0) is 38.4 Å². The molecule has 0 spiro atoms. The number of likely N-dealkylation sites (N-methyl/N-ethyl adjacent to an activating group) is 1. The standard InChI is InChI=1S/C16H22N2O/c1-12(11-19)7-8-16-9-10-18(2)15(16)17-14-6-4-3-5-13(14)16/h3-7,15,17,19H,8-11H2,1-2H3/b12-7+/t15-,16-/m1/s1. The number of nitrogens with one attached hydrogen (secondary N) is 1. The van der Waals surface area contributed by atoms with E-state index in [4.69, 9.17) is 0 Å². The number of para-hydroxylation sites is 1. The third-order valence-corrected chi connectivity index (χ3v) is 4.69. The van der Waals surface area contributed by atoms with E-state index in [1.807, 2.05) is 6.92 Å². The molecule has 0 aromatic heterocycles. The minimum absolute atomic E-state index is 0.158. The van der Waals surface area contributed by atoms with Gasteiger partial charge in [0.2, 0.25) is 0 Å². The van der Waals surface area contributed by atoms with Gasteiger partial charge in [0.1, 0.15) is 0 Å². The molecule has 0 amide bonds. The summed E-state index contributed by atoms with van der Waals surface area (Å²) in [5, 5.41) is 12.9. The van der Waals surface area contributed by atoms with Crippen LogP contribution in [0.2, 0.25) is 0 Å². The van der Waals surface area contributed by atoms with Crippen LogP contribution in [0.1, 0.15) is 25.3 Å². The van der Waals surface area contributed by atoms with E-state index >= 15 is 0 Å². The summed E-state index contributed by atoms with van der Waals surface area (Å²) >= 11 is 0. The largest absolute Gasteiger partial charge is 0.392 e. The molecule has 1 fully saturated rings. The second kappa shape index (κ2) is 4.66. The van der Waals surface area contributed by atoms with Crippen molar-refractivity contribution in [2.75, 3.05) is 25.5 Å². The molecule has 2 atom stereocenters. The van der Waals surface area contributed by atoms with Crippen LogP contribution >= 0.6 is 0 Å². The lowest BCUT2D eigenvalue weighted by atomic mass is 9.76. The van der Waals surface area contributed by atoms with Gasteiger partial charge in [-0.25, -0.2) is 0 Å². The molecule has 3 heteroatoms. The molecule has 1 saturated heterocycles. The third-order valence-electron chi connectivity index (χ3n) is 4.69. The molecular weight excluding hydrogens is 236 g/mol. The highest BCUT2D eigenvalue weighted by Gasteiger charge is 2.51. The molecule has 19 heavy (non-hydrogen) atoms. The second-order valence-corrected chi connectivity index (χ2v) is 5.89. The van der Waals surface area contributed by atoms with Crippen LogP contribution in [-0.2, 0) is 5.41 Å². The maximum Gasteiger partial charge on any atom is 0.0894 e. The zero-order valence-electron chi connectivity index (χ0n) is 11.7. The Balaban J connectivity index is 2.00. The Morgan fingerprint density at radius 1 is 1.53 bits per heavy atom. The van der Waals surface area contributed by atoms with Crippen molar-refractivity contribution >= 4 is 5.69 Å². The molecule has 0 unspecified atom stereocenters. The number of allylic oxidation sites excluding steroid dienone is 1. The zero-order valence-corrected chi connectivity index (χ0v) is 11.7. The van der Waals surface area contributed by atoms with Crippen molar-refractivity contribution in [2.24, 2.45) is 0 Å². The fourth-order valence-electron chi connectivity index (χ4n) is 3.53. The minimum Gasteiger partial charge on any atom is -0.392 e. The quantitative estimate of drug-likeness (QED) is 0.817. The number of benzene rings is 1. The highest BCUT2D eigenvalue weighted by molar-refractivity contribution is 5.63. The third kappa shape index (κ3) is 1.88. The molecule has 2 N–H and O–H groups in total. The van der Waals surface area contributed by atoms with E-state index in [1.54, 1.807) is 0 Å². The lowest BCUT2D eigenvalue weighted by Gasteiger charge is -2.30. The van der Waals surface area contributed by atoms with Crippen molar-refractivity contribution < 1.29 is 5.11 Å². The Bertz CT molecular complexity index is 511. The molecule has 1 aromatic carbocycles. The Morgan fingerprint density at radius 3 is 3.11 bits per heavy atom. The van der Waals surface area contributed by atoms with E-state index in [0.29, 0.717) is 6.17 Å². The first kappa shape index (κ1) is 12.7. The molecule has 102 valence electrons. The summed E-state index contributed by atoms with van der Waals surface area (Å²) in [6.07, 6.45) is 4.76. The molecule has 2 aliphatic heterocycles. The number of aliphatic hydroxyl groups is 1. The molecule has 3 rings (SSSR count). The van der Waals surface area contributed by atoms with Crippen LogP contribution in [0.4, 0.5) is 5.69 Å². The van der Waals surface area contributed by atoms with E-state index in [-0.39, 0.29) is 12.0 Å². The number of nitrogens with zero attached hydrogens (tertiary/aromatic N) is 1. The molecule has 0 saturated carbocycles. The van der Waals surface area contributed by atoms with Crippen LogP contribution in [0, 0.1) is 0 Å². The summed E-state index contributed by atoms with van der Waals surface area (Å²) in [7, 11) is 2.19. The van der Waals surface area contributed by atoms with Crippen LogP contribution in [0.3, 0.4) is 0 Å². The average molecular weight is 258 g/mol. The Morgan fingerprint density at radius 2 is 2.32 bits per heavy atom. The lowest BCUT2D eigenvalue weighted by Crippen LogP contribution is -2.41. The first-order chi connectivity index (χ1) is 9.17. The summed E-state index contributed by atoms with van der Waals surface area (Å²) in [4.78, 5) is 2.40. The van der Waals surface area contributed by atoms with Crippen molar-refractivity contribution in [2.45, 2.75) is 31.3 Å². The Kier molecular flexibility index (Phi) is 3.11. The summed E-state index contributed by atoms with van der Waals surface area (Å²) in [5.41, 5.74) is 3.94. The highest BCUT2D eigenvalue weighted by Crippen LogP contribution is 2.50. The number of hydrogen-bond donors (Lipinski definition) is 2. The van der Waals surface area contributed by atoms with Gasteiger partial charge in [0.15, 0.2) is 0 Å². The van der Waals surface area contributed by atoms with Gasteiger partial charge in [0.25, 0.3) is 0 Å². The number of hydrogen-bond acceptors (Lipinski definition) is 3. The minimum atomic E-state index is 0.158. The van der Waals surface area contributed by atoms with Crippen molar-refractivity contribution in [3.63, 3.8) is 0 Å². The van der Waals surface area contributed by atoms with Crippen LogP contribution in [0.5, 0.6) is 0 Å². The Labute approximate surface area is 114 Å². The van der Waals surface area contributed by atoms with Gasteiger partial charge in [0, 0.05) is 17.6 Å². The van der Waals surface area contributed by atoms with Gasteiger partial charge in [-0.15, -0.1) is 0 Å². The molecule has 2 heterocycles. The van der Waals surface area contributed by atoms with Crippen LogP contribution in [-0.4, -0.2) is 36.4 Å². The van der Waals surface area contributed by atoms with Crippen molar-refractivity contribution in [1.82, 2.24) is 4.90 Å². The smallest absolute Gasteiger partial charge is 0.0894 e. The summed E-state index contributed by atoms with van der Waals surface area (Å²) in [5.74, 6) is 0. The van der Waals surface area contributed by atoms with Crippen molar-refractivity contribution in [1.29, 1.82) is 0 Å². The van der Waals surface area contributed by atoms with E-state index in [2.05, 4.69) is 47.6 Å². The molecular formula is C16H22N2O. The maximum atomic E-state index is 9.20. The van der Waals surface area contributed by atoms with Crippen molar-refractivity contribution in [3.8, 4) is 0 Å². The van der Waals surface area contributed by atoms with Crippen LogP contribution < -0.4 is 5.32 Å². The Hall–Kier alpha value is -1.32. The first-order valence-corrected chi connectivity index (χ1v) is 7.00. The molecule has 0 aliphatic carbocycles. The van der Waals surface area contributed by atoms with E-state index in [1.165, 1.54) is 17.7 Å². The van der Waals surface area contributed by atoms with E-state index in [0.717, 1.165) is 18.5 Å².